The first kappa shape index (κ1) is 13.0. The molecule has 7 heteroatoms. The molecule has 1 aromatic rings. The van der Waals surface area contributed by atoms with Gasteiger partial charge in [-0.25, -0.2) is 19.6 Å². The van der Waals surface area contributed by atoms with E-state index in [1.807, 2.05) is 6.92 Å². The lowest BCUT2D eigenvalue weighted by molar-refractivity contribution is 0.183. The van der Waals surface area contributed by atoms with Crippen LogP contribution in [-0.4, -0.2) is 24.2 Å². The minimum atomic E-state index is -0.822. The van der Waals surface area contributed by atoms with Crippen molar-refractivity contribution in [1.82, 2.24) is 4.98 Å². The molecule has 2 heterocycles. The van der Waals surface area contributed by atoms with Gasteiger partial charge in [0, 0.05) is 24.6 Å². The number of rotatable bonds is 4. The van der Waals surface area contributed by atoms with Crippen molar-refractivity contribution >= 4 is 11.6 Å². The monoisotopic (exact) mass is 258 g/mol. The Bertz CT molecular complexity index is 424. The maximum absolute atomic E-state index is 13.5. The minimum Gasteiger partial charge on any atom is -0.381 e. The van der Waals surface area contributed by atoms with E-state index in [1.54, 1.807) is 0 Å². The van der Waals surface area contributed by atoms with Gasteiger partial charge < -0.3 is 15.5 Å². The van der Waals surface area contributed by atoms with Gasteiger partial charge in [0.25, 0.3) is 0 Å². The number of nitrogens with zero attached hydrogens (tertiary/aromatic N) is 1. The van der Waals surface area contributed by atoms with Crippen LogP contribution in [0.15, 0.2) is 6.07 Å². The molecule has 18 heavy (non-hydrogen) atoms. The Hall–Kier alpha value is -1.47. The van der Waals surface area contributed by atoms with E-state index in [0.717, 1.165) is 12.5 Å². The molecule has 2 atom stereocenters. The van der Waals surface area contributed by atoms with Crippen molar-refractivity contribution in [3.63, 3.8) is 0 Å². The van der Waals surface area contributed by atoms with Crippen molar-refractivity contribution in [3.05, 3.63) is 17.7 Å². The lowest BCUT2D eigenvalue weighted by atomic mass is 10.0. The van der Waals surface area contributed by atoms with Crippen LogP contribution in [0.25, 0.3) is 0 Å². The van der Waals surface area contributed by atoms with E-state index in [9.17, 15) is 8.78 Å². The summed E-state index contributed by atoms with van der Waals surface area (Å²) in [6.07, 6.45) is 0.916. The molecule has 0 bridgehead atoms. The van der Waals surface area contributed by atoms with Crippen LogP contribution in [0.4, 0.5) is 20.4 Å². The molecule has 0 amide bonds. The summed E-state index contributed by atoms with van der Waals surface area (Å²) in [5.41, 5.74) is 2.09. The van der Waals surface area contributed by atoms with Gasteiger partial charge in [-0.3, -0.25) is 0 Å². The average molecular weight is 258 g/mol. The summed E-state index contributed by atoms with van der Waals surface area (Å²) in [6.45, 7) is 3.27. The summed E-state index contributed by atoms with van der Waals surface area (Å²) in [6, 6.07) is 0.744. The van der Waals surface area contributed by atoms with Crippen LogP contribution in [-0.2, 0) is 4.74 Å². The highest BCUT2D eigenvalue weighted by Gasteiger charge is 2.23. The molecular formula is C11H16F2N4O. The van der Waals surface area contributed by atoms with Crippen molar-refractivity contribution in [1.29, 1.82) is 0 Å². The van der Waals surface area contributed by atoms with Gasteiger partial charge in [0.1, 0.15) is 0 Å². The summed E-state index contributed by atoms with van der Waals surface area (Å²) >= 11 is 0. The molecule has 5 nitrogen and oxygen atoms in total. The Balaban J connectivity index is 2.12. The summed E-state index contributed by atoms with van der Waals surface area (Å²) in [5, 5.41) is 2.93. The molecule has 100 valence electrons. The molecule has 0 aliphatic carbocycles. The highest BCUT2D eigenvalue weighted by molar-refractivity contribution is 5.47. The second-order valence-corrected chi connectivity index (χ2v) is 4.35. The molecule has 1 aliphatic rings. The third-order valence-electron chi connectivity index (χ3n) is 3.10. The second kappa shape index (κ2) is 5.45. The third-order valence-corrected chi connectivity index (χ3v) is 3.10. The van der Waals surface area contributed by atoms with Crippen LogP contribution < -0.4 is 16.6 Å². The van der Waals surface area contributed by atoms with E-state index in [4.69, 9.17) is 10.6 Å². The fraction of sp³-hybridized carbons (Fsp3) is 0.545. The maximum Gasteiger partial charge on any atom is 0.178 e. The van der Waals surface area contributed by atoms with Gasteiger partial charge in [-0.15, -0.1) is 0 Å². The first-order valence-electron chi connectivity index (χ1n) is 5.78. The number of anilines is 2. The molecule has 1 saturated heterocycles. The van der Waals surface area contributed by atoms with Gasteiger partial charge in [-0.2, -0.15) is 0 Å². The first-order chi connectivity index (χ1) is 8.61. The van der Waals surface area contributed by atoms with Crippen LogP contribution in [0.1, 0.15) is 13.3 Å². The number of nitrogens with two attached hydrogens (primary N) is 1. The van der Waals surface area contributed by atoms with Gasteiger partial charge in [0.15, 0.2) is 23.3 Å². The number of halogens is 2. The molecule has 2 rings (SSSR count). The van der Waals surface area contributed by atoms with Crippen molar-refractivity contribution in [3.8, 4) is 0 Å². The lowest BCUT2D eigenvalue weighted by Crippen LogP contribution is -2.27. The molecule has 0 saturated carbocycles. The number of nitrogens with one attached hydrogen (secondary N) is 2. The van der Waals surface area contributed by atoms with Crippen LogP contribution in [0.3, 0.4) is 0 Å². The van der Waals surface area contributed by atoms with Crippen molar-refractivity contribution < 1.29 is 13.5 Å². The smallest absolute Gasteiger partial charge is 0.178 e. The van der Waals surface area contributed by atoms with E-state index in [1.165, 1.54) is 0 Å². The van der Waals surface area contributed by atoms with E-state index in [-0.39, 0.29) is 17.7 Å². The molecule has 1 aromatic heterocycles. The Morgan fingerprint density at radius 1 is 1.44 bits per heavy atom. The van der Waals surface area contributed by atoms with Crippen LogP contribution in [0.2, 0.25) is 0 Å². The summed E-state index contributed by atoms with van der Waals surface area (Å²) in [4.78, 5) is 3.76. The Labute approximate surface area is 104 Å². The average Bonchev–Trinajstić information content (AvgIpc) is 2.86. The molecule has 0 spiro atoms. The minimum absolute atomic E-state index is 0.00872. The largest absolute Gasteiger partial charge is 0.381 e. The lowest BCUT2D eigenvalue weighted by Gasteiger charge is -2.20. The van der Waals surface area contributed by atoms with E-state index < -0.39 is 11.6 Å². The Morgan fingerprint density at radius 3 is 2.78 bits per heavy atom. The van der Waals surface area contributed by atoms with E-state index in [0.29, 0.717) is 19.1 Å². The standard InChI is InChI=1S/C11H16F2N4O/c1-6(7-2-3-18-5-7)15-10-8(12)4-9(13)11(16-10)17-14/h4,6-7H,2-3,5,14H2,1H3,(H2,15,16,17). The number of ether oxygens (including phenoxy) is 1. The maximum atomic E-state index is 13.5. The number of nitrogen functional groups attached to an aromatic ring is 1. The Morgan fingerprint density at radius 2 is 2.17 bits per heavy atom. The molecule has 0 radical (unpaired) electrons. The topological polar surface area (TPSA) is 72.2 Å². The van der Waals surface area contributed by atoms with Gasteiger partial charge >= 0.3 is 0 Å². The van der Waals surface area contributed by atoms with Crippen LogP contribution in [0, 0.1) is 17.6 Å². The molecule has 0 aromatic carbocycles. The fourth-order valence-electron chi connectivity index (χ4n) is 1.95. The molecule has 1 aliphatic heterocycles. The third kappa shape index (κ3) is 2.68. The number of aromatic nitrogens is 1. The zero-order chi connectivity index (χ0) is 13.1. The van der Waals surface area contributed by atoms with E-state index >= 15 is 0 Å². The number of pyridine rings is 1. The number of hydrazine groups is 1. The zero-order valence-electron chi connectivity index (χ0n) is 10.0. The van der Waals surface area contributed by atoms with Crippen molar-refractivity contribution in [2.24, 2.45) is 11.8 Å². The van der Waals surface area contributed by atoms with Crippen molar-refractivity contribution in [2.75, 3.05) is 24.0 Å². The number of hydrogen-bond acceptors (Lipinski definition) is 5. The zero-order valence-corrected chi connectivity index (χ0v) is 10.0. The predicted molar refractivity (Wildman–Crippen MR) is 64.0 cm³/mol. The van der Waals surface area contributed by atoms with Gasteiger partial charge in [0.2, 0.25) is 0 Å². The normalized spacial score (nSPS) is 20.8. The first-order valence-corrected chi connectivity index (χ1v) is 5.78. The van der Waals surface area contributed by atoms with Crippen molar-refractivity contribution in [2.45, 2.75) is 19.4 Å². The highest BCUT2D eigenvalue weighted by Crippen LogP contribution is 2.23. The van der Waals surface area contributed by atoms with Gasteiger partial charge in [-0.05, 0) is 13.3 Å². The predicted octanol–water partition coefficient (Wildman–Crippen LogP) is 1.48. The fourth-order valence-corrected chi connectivity index (χ4v) is 1.95. The molecule has 1 fully saturated rings. The van der Waals surface area contributed by atoms with Crippen LogP contribution >= 0.6 is 0 Å². The van der Waals surface area contributed by atoms with Gasteiger partial charge in [0.05, 0.1) is 6.61 Å². The van der Waals surface area contributed by atoms with Gasteiger partial charge in [-0.1, -0.05) is 0 Å². The molecular weight excluding hydrogens is 242 g/mol. The SMILES string of the molecule is CC(Nc1nc(NN)c(F)cc1F)C1CCOC1. The quantitative estimate of drug-likeness (QED) is 0.563. The summed E-state index contributed by atoms with van der Waals surface area (Å²) in [7, 11) is 0. The summed E-state index contributed by atoms with van der Waals surface area (Å²) in [5.74, 6) is 3.64. The molecule has 2 unspecified atom stereocenters. The highest BCUT2D eigenvalue weighted by atomic mass is 19.1. The summed E-state index contributed by atoms with van der Waals surface area (Å²) < 4.78 is 32.0. The number of hydrogen-bond donors (Lipinski definition) is 3. The van der Waals surface area contributed by atoms with E-state index in [2.05, 4.69) is 15.7 Å². The molecule has 4 N–H and O–H groups in total. The van der Waals surface area contributed by atoms with Crippen LogP contribution in [0.5, 0.6) is 0 Å². The Kier molecular flexibility index (Phi) is 3.93. The second-order valence-electron chi connectivity index (χ2n) is 4.35.